The average Bonchev–Trinajstić information content (AvgIpc) is 3.27. The molecule has 0 bridgehead atoms. The molecule has 0 aliphatic carbocycles. The number of likely N-dealkylation sites (tertiary alicyclic amines) is 1. The molecule has 1 aliphatic heterocycles. The van der Waals surface area contributed by atoms with Gasteiger partial charge < -0.3 is 14.4 Å². The van der Waals surface area contributed by atoms with Crippen molar-refractivity contribution in [3.8, 4) is 11.5 Å². The van der Waals surface area contributed by atoms with Crippen molar-refractivity contribution in [2.75, 3.05) is 13.7 Å². The largest absolute Gasteiger partial charge is 0.497 e. The molecule has 3 atom stereocenters. The van der Waals surface area contributed by atoms with Gasteiger partial charge in [-0.2, -0.15) is 5.10 Å². The summed E-state index contributed by atoms with van der Waals surface area (Å²) in [5.41, 5.74) is 3.05. The molecule has 3 aromatic rings. The molecular formula is C24H28BrN3O3. The van der Waals surface area contributed by atoms with E-state index in [-0.39, 0.29) is 24.0 Å². The minimum Gasteiger partial charge on any atom is -0.497 e. The molecule has 1 fully saturated rings. The molecule has 6 nitrogen and oxygen atoms in total. The maximum atomic E-state index is 12.8. The van der Waals surface area contributed by atoms with Crippen LogP contribution in [0.3, 0.4) is 0 Å². The molecule has 4 rings (SSSR count). The number of hydrogen-bond acceptors (Lipinski definition) is 4. The molecule has 2 aromatic carbocycles. The lowest BCUT2D eigenvalue weighted by Gasteiger charge is -2.27. The van der Waals surface area contributed by atoms with Gasteiger partial charge in [0, 0.05) is 36.1 Å². The number of methoxy groups -OCH3 is 1. The zero-order valence-corrected chi connectivity index (χ0v) is 20.1. The lowest BCUT2D eigenvalue weighted by atomic mass is 10.0. The van der Waals surface area contributed by atoms with Gasteiger partial charge in [-0.25, -0.2) is 0 Å². The molecule has 164 valence electrons. The third-order valence-electron chi connectivity index (χ3n) is 6.38. The van der Waals surface area contributed by atoms with Crippen LogP contribution in [-0.2, 0) is 11.8 Å². The monoisotopic (exact) mass is 485 g/mol. The van der Waals surface area contributed by atoms with Crippen molar-refractivity contribution in [3.63, 3.8) is 0 Å². The van der Waals surface area contributed by atoms with Crippen LogP contribution in [0.2, 0.25) is 0 Å². The van der Waals surface area contributed by atoms with Crippen LogP contribution in [0.1, 0.15) is 37.6 Å². The summed E-state index contributed by atoms with van der Waals surface area (Å²) < 4.78 is 14.5. The smallest absolute Gasteiger partial charge is 0.223 e. The summed E-state index contributed by atoms with van der Waals surface area (Å²) in [6.45, 7) is 6.84. The second-order valence-electron chi connectivity index (χ2n) is 8.29. The van der Waals surface area contributed by atoms with Gasteiger partial charge in [-0.1, -0.05) is 28.1 Å². The molecular weight excluding hydrogens is 458 g/mol. The number of ether oxygens (including phenoxy) is 2. The van der Waals surface area contributed by atoms with Gasteiger partial charge in [0.2, 0.25) is 5.91 Å². The normalized spacial score (nSPS) is 18.5. The predicted molar refractivity (Wildman–Crippen MR) is 124 cm³/mol. The Kier molecular flexibility index (Phi) is 5.97. The molecule has 0 saturated carbocycles. The Balaban J connectivity index is 1.51. The first-order valence-corrected chi connectivity index (χ1v) is 11.3. The standard InChI is InChI=1S/C24H28BrN3O3/c1-14(17-6-8-20(30-5)9-7-17)28-13-18(10-23(28)29)16(3)31-22-12-19(25)11-21-24(22)15(2)27(4)26-21/h6-9,11-12,14,16,18H,10,13H2,1-5H3/t14?,16?,18-/m1/s1. The summed E-state index contributed by atoms with van der Waals surface area (Å²) >= 11 is 3.56. The molecule has 1 aromatic heterocycles. The second kappa shape index (κ2) is 8.54. The number of nitrogens with zero attached hydrogens (tertiary/aromatic N) is 3. The van der Waals surface area contributed by atoms with Crippen molar-refractivity contribution >= 4 is 32.7 Å². The zero-order valence-electron chi connectivity index (χ0n) is 18.6. The van der Waals surface area contributed by atoms with E-state index in [1.54, 1.807) is 7.11 Å². The minimum atomic E-state index is -0.103. The van der Waals surface area contributed by atoms with Gasteiger partial charge in [0.15, 0.2) is 0 Å². The van der Waals surface area contributed by atoms with Crippen molar-refractivity contribution in [1.82, 2.24) is 14.7 Å². The van der Waals surface area contributed by atoms with Gasteiger partial charge in [0.25, 0.3) is 0 Å². The first-order valence-electron chi connectivity index (χ1n) is 10.5. The van der Waals surface area contributed by atoms with E-state index in [9.17, 15) is 4.79 Å². The Bertz CT molecular complexity index is 1110. The molecule has 1 saturated heterocycles. The number of carbonyl (C=O) groups excluding carboxylic acids is 1. The Morgan fingerprint density at radius 3 is 2.58 bits per heavy atom. The third-order valence-corrected chi connectivity index (χ3v) is 6.84. The van der Waals surface area contributed by atoms with Crippen LogP contribution < -0.4 is 9.47 Å². The average molecular weight is 486 g/mol. The van der Waals surface area contributed by atoms with E-state index in [2.05, 4.69) is 34.9 Å². The zero-order chi connectivity index (χ0) is 22.3. The van der Waals surface area contributed by atoms with E-state index in [4.69, 9.17) is 9.47 Å². The molecule has 1 amide bonds. The Morgan fingerprint density at radius 1 is 1.19 bits per heavy atom. The van der Waals surface area contributed by atoms with Crippen LogP contribution in [0.4, 0.5) is 0 Å². The maximum absolute atomic E-state index is 12.8. The summed E-state index contributed by atoms with van der Waals surface area (Å²) in [5.74, 6) is 1.91. The number of benzene rings is 2. The van der Waals surface area contributed by atoms with Gasteiger partial charge in [-0.3, -0.25) is 9.48 Å². The lowest BCUT2D eigenvalue weighted by Crippen LogP contribution is -2.31. The van der Waals surface area contributed by atoms with Gasteiger partial charge in [-0.15, -0.1) is 0 Å². The maximum Gasteiger partial charge on any atom is 0.223 e. The first kappa shape index (κ1) is 21.7. The van der Waals surface area contributed by atoms with Crippen molar-refractivity contribution in [3.05, 3.63) is 52.1 Å². The van der Waals surface area contributed by atoms with E-state index in [1.165, 1.54) is 0 Å². The summed E-state index contributed by atoms with van der Waals surface area (Å²) in [4.78, 5) is 14.8. The Labute approximate surface area is 191 Å². The fourth-order valence-corrected chi connectivity index (χ4v) is 4.73. The molecule has 0 spiro atoms. The quantitative estimate of drug-likeness (QED) is 0.491. The summed E-state index contributed by atoms with van der Waals surface area (Å²) in [7, 11) is 3.59. The van der Waals surface area contributed by atoms with Gasteiger partial charge >= 0.3 is 0 Å². The predicted octanol–water partition coefficient (Wildman–Crippen LogP) is 5.03. The van der Waals surface area contributed by atoms with Crippen molar-refractivity contribution in [1.29, 1.82) is 0 Å². The number of rotatable bonds is 6. The van der Waals surface area contributed by atoms with Gasteiger partial charge in [0.1, 0.15) is 17.6 Å². The van der Waals surface area contributed by atoms with Crippen LogP contribution in [0.5, 0.6) is 11.5 Å². The van der Waals surface area contributed by atoms with E-state index < -0.39 is 0 Å². The second-order valence-corrected chi connectivity index (χ2v) is 9.21. The first-order chi connectivity index (χ1) is 14.8. The van der Waals surface area contributed by atoms with Crippen molar-refractivity contribution in [2.45, 2.75) is 39.3 Å². The summed E-state index contributed by atoms with van der Waals surface area (Å²) in [5, 5.41) is 5.59. The molecule has 0 radical (unpaired) electrons. The number of fused-ring (bicyclic) bond motifs is 1. The Hall–Kier alpha value is -2.54. The number of halogens is 1. The fourth-order valence-electron chi connectivity index (χ4n) is 4.31. The van der Waals surface area contributed by atoms with E-state index in [1.807, 2.05) is 60.0 Å². The highest BCUT2D eigenvalue weighted by Gasteiger charge is 2.37. The van der Waals surface area contributed by atoms with Crippen molar-refractivity contribution in [2.24, 2.45) is 13.0 Å². The molecule has 0 N–H and O–H groups in total. The fraction of sp³-hybridized carbons (Fsp3) is 0.417. The van der Waals surface area contributed by atoms with Crippen LogP contribution >= 0.6 is 15.9 Å². The number of hydrogen-bond donors (Lipinski definition) is 0. The lowest BCUT2D eigenvalue weighted by molar-refractivity contribution is -0.129. The number of aryl methyl sites for hydroxylation is 2. The van der Waals surface area contributed by atoms with Crippen LogP contribution in [0, 0.1) is 12.8 Å². The highest BCUT2D eigenvalue weighted by Crippen LogP contribution is 2.36. The summed E-state index contributed by atoms with van der Waals surface area (Å²) in [6, 6.07) is 11.9. The molecule has 1 aliphatic rings. The highest BCUT2D eigenvalue weighted by molar-refractivity contribution is 9.10. The van der Waals surface area contributed by atoms with Gasteiger partial charge in [0.05, 0.1) is 24.1 Å². The number of carbonyl (C=O) groups is 1. The van der Waals surface area contributed by atoms with E-state index in [0.717, 1.165) is 38.1 Å². The highest BCUT2D eigenvalue weighted by atomic mass is 79.9. The van der Waals surface area contributed by atoms with Crippen LogP contribution in [-0.4, -0.2) is 40.3 Å². The minimum absolute atomic E-state index is 0.00810. The van der Waals surface area contributed by atoms with Crippen LogP contribution in [0.25, 0.3) is 10.9 Å². The topological polar surface area (TPSA) is 56.6 Å². The van der Waals surface area contributed by atoms with E-state index >= 15 is 0 Å². The molecule has 31 heavy (non-hydrogen) atoms. The number of amides is 1. The summed E-state index contributed by atoms with van der Waals surface area (Å²) in [6.07, 6.45) is 0.388. The Morgan fingerprint density at radius 2 is 1.90 bits per heavy atom. The van der Waals surface area contributed by atoms with E-state index in [0.29, 0.717) is 13.0 Å². The van der Waals surface area contributed by atoms with Gasteiger partial charge in [-0.05, 0) is 50.6 Å². The molecule has 7 heteroatoms. The molecule has 2 heterocycles. The third kappa shape index (κ3) is 4.15. The van der Waals surface area contributed by atoms with Crippen LogP contribution in [0.15, 0.2) is 40.9 Å². The number of aromatic nitrogens is 2. The van der Waals surface area contributed by atoms with Crippen molar-refractivity contribution < 1.29 is 14.3 Å². The SMILES string of the molecule is COc1ccc(C(C)N2C[C@H](C(C)Oc3cc(Br)cc4nn(C)c(C)c34)CC2=O)cc1. The molecule has 2 unspecified atom stereocenters.